The molecule has 2 aromatic rings. The van der Waals surface area contributed by atoms with Gasteiger partial charge in [0.15, 0.2) is 5.82 Å². The number of aromatic hydroxyl groups is 1. The summed E-state index contributed by atoms with van der Waals surface area (Å²) in [5.74, 6) is -0.287. The summed E-state index contributed by atoms with van der Waals surface area (Å²) in [5.41, 5.74) is 0.549. The summed E-state index contributed by atoms with van der Waals surface area (Å²) in [6, 6.07) is 6.38. The predicted octanol–water partition coefficient (Wildman–Crippen LogP) is 2.01. The van der Waals surface area contributed by atoms with Crippen LogP contribution in [-0.4, -0.2) is 20.8 Å². The minimum Gasteiger partial charge on any atom is -0.507 e. The van der Waals surface area contributed by atoms with Gasteiger partial charge in [-0.3, -0.25) is 9.48 Å². The number of carbonyl (C=O) groups is 1. The first-order valence-electron chi connectivity index (χ1n) is 5.25. The largest absolute Gasteiger partial charge is 0.507 e. The number of rotatable bonds is 2. The Morgan fingerprint density at radius 3 is 2.95 bits per heavy atom. The van der Waals surface area contributed by atoms with Gasteiger partial charge in [-0.05, 0) is 34.1 Å². The second-order valence-corrected chi connectivity index (χ2v) is 4.65. The highest BCUT2D eigenvalue weighted by Gasteiger charge is 2.13. The first-order chi connectivity index (χ1) is 9.01. The molecule has 0 saturated heterocycles. The molecule has 0 atom stereocenters. The molecule has 2 N–H and O–H groups in total. The maximum atomic E-state index is 12.0. The van der Waals surface area contributed by atoms with Crippen molar-refractivity contribution in [3.05, 3.63) is 40.0 Å². The van der Waals surface area contributed by atoms with Crippen molar-refractivity contribution in [2.45, 2.75) is 0 Å². The number of nitrogens with one attached hydrogen (secondary N) is 1. The Morgan fingerprint density at radius 1 is 1.58 bits per heavy atom. The van der Waals surface area contributed by atoms with E-state index in [0.717, 1.165) is 0 Å². The Balaban J connectivity index is 2.26. The number of amides is 1. The second kappa shape index (κ2) is 5.12. The number of carbonyl (C=O) groups excluding carboxylic acids is 1. The fourth-order valence-electron chi connectivity index (χ4n) is 1.50. The zero-order chi connectivity index (χ0) is 14.0. The average molecular weight is 321 g/mol. The summed E-state index contributed by atoms with van der Waals surface area (Å²) in [4.78, 5) is 12.0. The van der Waals surface area contributed by atoms with Crippen molar-refractivity contribution in [1.29, 1.82) is 5.26 Å². The van der Waals surface area contributed by atoms with E-state index in [9.17, 15) is 9.90 Å². The van der Waals surface area contributed by atoms with Gasteiger partial charge < -0.3 is 10.4 Å². The van der Waals surface area contributed by atoms with Crippen molar-refractivity contribution in [2.75, 3.05) is 5.32 Å². The molecule has 1 amide bonds. The highest BCUT2D eigenvalue weighted by molar-refractivity contribution is 9.10. The minimum atomic E-state index is -0.446. The third-order valence-electron chi connectivity index (χ3n) is 2.39. The van der Waals surface area contributed by atoms with Crippen LogP contribution < -0.4 is 5.32 Å². The maximum absolute atomic E-state index is 12.0. The quantitative estimate of drug-likeness (QED) is 0.885. The normalized spacial score (nSPS) is 9.95. The standard InChI is InChI=1S/C12H9BrN4O2/c1-17-6-8(5-14)11(16-17)15-12(19)7-2-3-9(13)10(18)4-7/h2-4,6,18H,1H3,(H,15,16,19). The molecule has 1 heterocycles. The summed E-state index contributed by atoms with van der Waals surface area (Å²) in [6.07, 6.45) is 1.51. The summed E-state index contributed by atoms with van der Waals surface area (Å²) in [5, 5.41) is 24.9. The highest BCUT2D eigenvalue weighted by atomic mass is 79.9. The molecule has 6 nitrogen and oxygen atoms in total. The van der Waals surface area contributed by atoms with Gasteiger partial charge in [0.2, 0.25) is 0 Å². The van der Waals surface area contributed by atoms with E-state index in [-0.39, 0.29) is 22.7 Å². The van der Waals surface area contributed by atoms with E-state index in [4.69, 9.17) is 5.26 Å². The fourth-order valence-corrected chi connectivity index (χ4v) is 1.74. The van der Waals surface area contributed by atoms with Gasteiger partial charge >= 0.3 is 0 Å². The van der Waals surface area contributed by atoms with Crippen molar-refractivity contribution in [1.82, 2.24) is 9.78 Å². The number of aryl methyl sites for hydroxylation is 1. The van der Waals surface area contributed by atoms with Crippen LogP contribution in [0.3, 0.4) is 0 Å². The van der Waals surface area contributed by atoms with Gasteiger partial charge in [-0.2, -0.15) is 10.4 Å². The molecule has 0 fully saturated rings. The smallest absolute Gasteiger partial charge is 0.257 e. The van der Waals surface area contributed by atoms with E-state index in [0.29, 0.717) is 4.47 Å². The Hall–Kier alpha value is -2.33. The van der Waals surface area contributed by atoms with Crippen molar-refractivity contribution >= 4 is 27.7 Å². The summed E-state index contributed by atoms with van der Waals surface area (Å²) in [7, 11) is 1.65. The number of nitriles is 1. The summed E-state index contributed by atoms with van der Waals surface area (Å²) < 4.78 is 1.94. The van der Waals surface area contributed by atoms with Crippen LogP contribution in [0.25, 0.3) is 0 Å². The van der Waals surface area contributed by atoms with E-state index < -0.39 is 5.91 Å². The van der Waals surface area contributed by atoms with E-state index >= 15 is 0 Å². The Kier molecular flexibility index (Phi) is 3.53. The summed E-state index contributed by atoms with van der Waals surface area (Å²) in [6.45, 7) is 0. The van der Waals surface area contributed by atoms with Gasteiger partial charge in [-0.1, -0.05) is 0 Å². The molecule has 7 heteroatoms. The lowest BCUT2D eigenvalue weighted by atomic mass is 10.2. The number of halogens is 1. The number of hydrogen-bond donors (Lipinski definition) is 2. The fraction of sp³-hybridized carbons (Fsp3) is 0.0833. The molecule has 1 aromatic carbocycles. The number of phenols is 1. The van der Waals surface area contributed by atoms with Gasteiger partial charge in [-0.15, -0.1) is 0 Å². The Morgan fingerprint density at radius 2 is 2.32 bits per heavy atom. The van der Waals surface area contributed by atoms with Gasteiger partial charge in [0, 0.05) is 18.8 Å². The summed E-state index contributed by atoms with van der Waals surface area (Å²) >= 11 is 3.13. The lowest BCUT2D eigenvalue weighted by Crippen LogP contribution is -2.13. The molecule has 19 heavy (non-hydrogen) atoms. The van der Waals surface area contributed by atoms with Crippen molar-refractivity contribution in [2.24, 2.45) is 7.05 Å². The van der Waals surface area contributed by atoms with Gasteiger partial charge in [-0.25, -0.2) is 0 Å². The third-order valence-corrected chi connectivity index (χ3v) is 3.06. The van der Waals surface area contributed by atoms with Crippen LogP contribution in [-0.2, 0) is 7.05 Å². The van der Waals surface area contributed by atoms with E-state index in [2.05, 4.69) is 26.3 Å². The lowest BCUT2D eigenvalue weighted by Gasteiger charge is -2.04. The number of benzene rings is 1. The van der Waals surface area contributed by atoms with Crippen LogP contribution in [0.15, 0.2) is 28.9 Å². The molecular weight excluding hydrogens is 312 g/mol. The number of phenolic OH excluding ortho intramolecular Hbond substituents is 1. The lowest BCUT2D eigenvalue weighted by molar-refractivity contribution is 0.102. The highest BCUT2D eigenvalue weighted by Crippen LogP contribution is 2.24. The van der Waals surface area contributed by atoms with E-state index in [1.165, 1.54) is 16.9 Å². The maximum Gasteiger partial charge on any atom is 0.257 e. The van der Waals surface area contributed by atoms with Gasteiger partial charge in [0.25, 0.3) is 5.91 Å². The van der Waals surface area contributed by atoms with Crippen molar-refractivity contribution in [3.63, 3.8) is 0 Å². The van der Waals surface area contributed by atoms with Crippen molar-refractivity contribution < 1.29 is 9.90 Å². The van der Waals surface area contributed by atoms with Crippen LogP contribution in [0.5, 0.6) is 5.75 Å². The molecule has 0 radical (unpaired) electrons. The van der Waals surface area contributed by atoms with Crippen LogP contribution in [0.2, 0.25) is 0 Å². The van der Waals surface area contributed by atoms with Crippen LogP contribution in [0, 0.1) is 11.3 Å². The number of hydrogen-bond acceptors (Lipinski definition) is 4. The molecule has 0 aliphatic heterocycles. The Labute approximate surface area is 117 Å². The number of anilines is 1. The second-order valence-electron chi connectivity index (χ2n) is 3.80. The molecular formula is C12H9BrN4O2. The monoisotopic (exact) mass is 320 g/mol. The predicted molar refractivity (Wildman–Crippen MR) is 71.7 cm³/mol. The van der Waals surface area contributed by atoms with Crippen molar-refractivity contribution in [3.8, 4) is 11.8 Å². The molecule has 0 bridgehead atoms. The molecule has 0 spiro atoms. The SMILES string of the molecule is Cn1cc(C#N)c(NC(=O)c2ccc(Br)c(O)c2)n1. The van der Waals surface area contributed by atoms with E-state index in [1.807, 2.05) is 6.07 Å². The first kappa shape index (κ1) is 13.1. The minimum absolute atomic E-state index is 0.0332. The molecule has 0 saturated carbocycles. The molecule has 0 aliphatic rings. The van der Waals surface area contributed by atoms with E-state index in [1.54, 1.807) is 19.2 Å². The molecule has 96 valence electrons. The third kappa shape index (κ3) is 2.74. The molecule has 0 aliphatic carbocycles. The molecule has 1 aromatic heterocycles. The van der Waals surface area contributed by atoms with Gasteiger partial charge in [0.05, 0.1) is 4.47 Å². The number of aromatic nitrogens is 2. The van der Waals surface area contributed by atoms with Crippen LogP contribution >= 0.6 is 15.9 Å². The zero-order valence-electron chi connectivity index (χ0n) is 9.88. The Bertz CT molecular complexity index is 688. The van der Waals surface area contributed by atoms with Crippen LogP contribution in [0.4, 0.5) is 5.82 Å². The van der Waals surface area contributed by atoms with Crippen LogP contribution in [0.1, 0.15) is 15.9 Å². The molecule has 2 rings (SSSR count). The molecule has 0 unspecified atom stereocenters. The topological polar surface area (TPSA) is 90.9 Å². The first-order valence-corrected chi connectivity index (χ1v) is 6.04. The zero-order valence-corrected chi connectivity index (χ0v) is 11.5. The number of nitrogens with zero attached hydrogens (tertiary/aromatic N) is 3. The van der Waals surface area contributed by atoms with Gasteiger partial charge in [0.1, 0.15) is 17.4 Å². The average Bonchev–Trinajstić information content (AvgIpc) is 2.72.